The van der Waals surface area contributed by atoms with Crippen molar-refractivity contribution >= 4 is 23.2 Å². The maximum absolute atomic E-state index is 13.1. The third-order valence-corrected chi connectivity index (χ3v) is 4.30. The lowest BCUT2D eigenvalue weighted by atomic mass is 9.96. The molecule has 8 heteroatoms. The van der Waals surface area contributed by atoms with E-state index < -0.39 is 41.4 Å². The summed E-state index contributed by atoms with van der Waals surface area (Å²) in [4.78, 5) is 26.4. The summed E-state index contributed by atoms with van der Waals surface area (Å²) in [6, 6.07) is 11.4. The number of nitrogens with zero attached hydrogens (tertiary/aromatic N) is 1. The van der Waals surface area contributed by atoms with Gasteiger partial charge in [0, 0.05) is 0 Å². The average molecular weight is 378 g/mol. The average Bonchev–Trinajstić information content (AvgIpc) is 2.60. The number of amides is 2. The molecule has 5 nitrogen and oxygen atoms in total. The zero-order valence-electron chi connectivity index (χ0n) is 14.6. The lowest BCUT2D eigenvalue weighted by molar-refractivity contribution is -0.139. The number of hydrogen-bond donors (Lipinski definition) is 1. The molecule has 1 N–H and O–H groups in total. The molecule has 27 heavy (non-hydrogen) atoms. The number of halogens is 3. The predicted octanol–water partition coefficient (Wildman–Crippen LogP) is 3.85. The molecule has 0 saturated heterocycles. The molecule has 0 saturated carbocycles. The van der Waals surface area contributed by atoms with Crippen LogP contribution in [0.5, 0.6) is 5.75 Å². The molecule has 1 heterocycles. The fourth-order valence-corrected chi connectivity index (χ4v) is 2.93. The molecule has 0 fully saturated rings. The molecule has 0 atom stereocenters. The Labute approximate surface area is 153 Å². The summed E-state index contributed by atoms with van der Waals surface area (Å²) < 4.78 is 44.4. The molecular formula is C19H17F3N2O3. The molecule has 1 aliphatic heterocycles. The topological polar surface area (TPSA) is 58.6 Å². The molecule has 0 aromatic heterocycles. The summed E-state index contributed by atoms with van der Waals surface area (Å²) >= 11 is 0. The number of carbonyl (C=O) groups is 2. The highest BCUT2D eigenvalue weighted by Crippen LogP contribution is 2.38. The van der Waals surface area contributed by atoms with E-state index in [4.69, 9.17) is 4.74 Å². The van der Waals surface area contributed by atoms with Crippen LogP contribution in [0.15, 0.2) is 48.5 Å². The summed E-state index contributed by atoms with van der Waals surface area (Å²) in [7, 11) is 0. The van der Waals surface area contributed by atoms with Crippen molar-refractivity contribution in [1.82, 2.24) is 0 Å². The number of para-hydroxylation sites is 3. The van der Waals surface area contributed by atoms with Gasteiger partial charge < -0.3 is 10.1 Å². The third kappa shape index (κ3) is 3.47. The molecule has 2 aromatic carbocycles. The Hall–Kier alpha value is -3.03. The van der Waals surface area contributed by atoms with Crippen molar-refractivity contribution in [2.75, 3.05) is 16.8 Å². The summed E-state index contributed by atoms with van der Waals surface area (Å²) in [6.45, 7) is 2.47. The van der Waals surface area contributed by atoms with E-state index in [1.54, 1.807) is 38.1 Å². The van der Waals surface area contributed by atoms with E-state index in [0.29, 0.717) is 11.4 Å². The zero-order valence-corrected chi connectivity index (χ0v) is 14.6. The molecule has 3 rings (SSSR count). The number of benzene rings is 2. The van der Waals surface area contributed by atoms with Crippen LogP contribution in [0, 0.1) is 0 Å². The molecule has 2 aromatic rings. The zero-order chi connectivity index (χ0) is 19.8. The monoisotopic (exact) mass is 378 g/mol. The summed E-state index contributed by atoms with van der Waals surface area (Å²) in [6.07, 6.45) is -4.60. The summed E-state index contributed by atoms with van der Waals surface area (Å²) in [5.41, 5.74) is -1.28. The van der Waals surface area contributed by atoms with Crippen molar-refractivity contribution in [2.45, 2.75) is 25.6 Å². The Kier molecular flexibility index (Phi) is 4.59. The maximum atomic E-state index is 13.1. The molecule has 0 bridgehead atoms. The first kappa shape index (κ1) is 18.8. The molecule has 2 amide bonds. The van der Waals surface area contributed by atoms with Crippen molar-refractivity contribution in [3.8, 4) is 5.75 Å². The van der Waals surface area contributed by atoms with Gasteiger partial charge in [-0.05, 0) is 38.1 Å². The second-order valence-corrected chi connectivity index (χ2v) is 6.54. The number of carbonyl (C=O) groups excluding carboxylic acids is 2. The fraction of sp³-hybridized carbons (Fsp3) is 0.263. The highest BCUT2D eigenvalue weighted by molar-refractivity contribution is 6.14. The highest BCUT2D eigenvalue weighted by Gasteiger charge is 2.43. The number of ether oxygens (including phenoxy) is 1. The van der Waals surface area contributed by atoms with Gasteiger partial charge in [-0.1, -0.05) is 24.3 Å². The van der Waals surface area contributed by atoms with Gasteiger partial charge in [-0.25, -0.2) is 0 Å². The summed E-state index contributed by atoms with van der Waals surface area (Å²) in [5.74, 6) is -1.46. The van der Waals surface area contributed by atoms with E-state index in [1.807, 2.05) is 0 Å². The van der Waals surface area contributed by atoms with E-state index in [0.717, 1.165) is 12.1 Å². The highest BCUT2D eigenvalue weighted by atomic mass is 19.4. The minimum absolute atomic E-state index is 0.398. The van der Waals surface area contributed by atoms with Crippen molar-refractivity contribution in [3.63, 3.8) is 0 Å². The van der Waals surface area contributed by atoms with E-state index in [-0.39, 0.29) is 0 Å². The van der Waals surface area contributed by atoms with Gasteiger partial charge in [0.2, 0.25) is 5.91 Å². The van der Waals surface area contributed by atoms with Gasteiger partial charge in [-0.3, -0.25) is 14.5 Å². The minimum Gasteiger partial charge on any atom is -0.483 e. The van der Waals surface area contributed by atoms with Crippen LogP contribution < -0.4 is 15.0 Å². The van der Waals surface area contributed by atoms with Gasteiger partial charge in [0.05, 0.1) is 16.9 Å². The summed E-state index contributed by atoms with van der Waals surface area (Å²) in [5, 5.41) is 2.72. The normalized spacial score (nSPS) is 15.7. The van der Waals surface area contributed by atoms with Gasteiger partial charge in [-0.2, -0.15) is 13.2 Å². The first-order valence-electron chi connectivity index (χ1n) is 8.15. The standard InChI is InChI=1S/C19H17F3N2O3/c1-18(2)17(26)23-13-8-4-5-9-14(13)24(18)16(25)11-27-15-10-6-3-7-12(15)19(20,21)22/h3-10H,11H2,1-2H3,(H,23,26). The minimum atomic E-state index is -4.60. The van der Waals surface area contributed by atoms with Crippen LogP contribution in [0.25, 0.3) is 0 Å². The van der Waals surface area contributed by atoms with Crippen LogP contribution in [-0.4, -0.2) is 24.0 Å². The number of hydrogen-bond acceptors (Lipinski definition) is 3. The first-order chi connectivity index (χ1) is 12.6. The molecule has 0 aliphatic carbocycles. The van der Waals surface area contributed by atoms with E-state index in [1.165, 1.54) is 17.0 Å². The van der Waals surface area contributed by atoms with Crippen LogP contribution in [-0.2, 0) is 15.8 Å². The maximum Gasteiger partial charge on any atom is 0.419 e. The van der Waals surface area contributed by atoms with Gasteiger partial charge >= 0.3 is 6.18 Å². The lowest BCUT2D eigenvalue weighted by Gasteiger charge is -2.41. The Morgan fingerprint density at radius 1 is 1.11 bits per heavy atom. The van der Waals surface area contributed by atoms with Crippen molar-refractivity contribution in [1.29, 1.82) is 0 Å². The Morgan fingerprint density at radius 2 is 1.74 bits per heavy atom. The number of fused-ring (bicyclic) bond motifs is 1. The predicted molar refractivity (Wildman–Crippen MR) is 93.6 cm³/mol. The fourth-order valence-electron chi connectivity index (χ4n) is 2.93. The number of nitrogens with one attached hydrogen (secondary N) is 1. The van der Waals surface area contributed by atoms with Crippen LogP contribution >= 0.6 is 0 Å². The number of alkyl halides is 3. The van der Waals surface area contributed by atoms with Gasteiger partial charge in [0.25, 0.3) is 5.91 Å². The quantitative estimate of drug-likeness (QED) is 0.883. The van der Waals surface area contributed by atoms with Crippen LogP contribution in [0.2, 0.25) is 0 Å². The Morgan fingerprint density at radius 3 is 2.44 bits per heavy atom. The third-order valence-electron chi connectivity index (χ3n) is 4.30. The second kappa shape index (κ2) is 6.61. The van der Waals surface area contributed by atoms with Crippen LogP contribution in [0.4, 0.5) is 24.5 Å². The van der Waals surface area contributed by atoms with Gasteiger partial charge in [-0.15, -0.1) is 0 Å². The molecule has 142 valence electrons. The second-order valence-electron chi connectivity index (χ2n) is 6.54. The van der Waals surface area contributed by atoms with Crippen LogP contribution in [0.3, 0.4) is 0 Å². The van der Waals surface area contributed by atoms with E-state index in [2.05, 4.69) is 5.32 Å². The molecule has 0 spiro atoms. The molecule has 1 aliphatic rings. The van der Waals surface area contributed by atoms with Gasteiger partial charge in [0.15, 0.2) is 6.61 Å². The van der Waals surface area contributed by atoms with Crippen LogP contribution in [0.1, 0.15) is 19.4 Å². The van der Waals surface area contributed by atoms with Gasteiger partial charge in [0.1, 0.15) is 11.3 Å². The number of rotatable bonds is 3. The largest absolute Gasteiger partial charge is 0.483 e. The number of anilines is 2. The van der Waals surface area contributed by atoms with Crippen molar-refractivity contribution in [3.05, 3.63) is 54.1 Å². The lowest BCUT2D eigenvalue weighted by Crippen LogP contribution is -2.59. The van der Waals surface area contributed by atoms with Crippen molar-refractivity contribution < 1.29 is 27.5 Å². The smallest absolute Gasteiger partial charge is 0.419 e. The first-order valence-corrected chi connectivity index (χ1v) is 8.15. The Balaban J connectivity index is 1.88. The molecular weight excluding hydrogens is 361 g/mol. The molecule has 0 unspecified atom stereocenters. The Bertz CT molecular complexity index is 894. The molecule has 0 radical (unpaired) electrons. The van der Waals surface area contributed by atoms with Crippen molar-refractivity contribution in [2.24, 2.45) is 0 Å². The van der Waals surface area contributed by atoms with E-state index >= 15 is 0 Å². The van der Waals surface area contributed by atoms with E-state index in [9.17, 15) is 22.8 Å². The SMILES string of the molecule is CC1(C)C(=O)Nc2ccccc2N1C(=O)COc1ccccc1C(F)(F)F.